The summed E-state index contributed by atoms with van der Waals surface area (Å²) in [5.74, 6) is 0. The second-order valence-corrected chi connectivity index (χ2v) is 5.64. The van der Waals surface area contributed by atoms with E-state index in [1.54, 1.807) is 0 Å². The number of nitrogens with zero attached hydrogens (tertiary/aromatic N) is 2. The lowest BCUT2D eigenvalue weighted by Crippen LogP contribution is -2.24. The van der Waals surface area contributed by atoms with E-state index in [2.05, 4.69) is 66.0 Å². The predicted octanol–water partition coefficient (Wildman–Crippen LogP) is 3.73. The molecule has 0 radical (unpaired) electrons. The summed E-state index contributed by atoms with van der Waals surface area (Å²) < 4.78 is 1.94. The van der Waals surface area contributed by atoms with Crippen LogP contribution in [0.2, 0.25) is 0 Å². The minimum absolute atomic E-state index is 0.0548. The molecule has 0 saturated carbocycles. The van der Waals surface area contributed by atoms with Gasteiger partial charge in [-0.05, 0) is 31.4 Å². The van der Waals surface area contributed by atoms with Gasteiger partial charge in [0.25, 0.3) is 0 Å². The van der Waals surface area contributed by atoms with Crippen molar-refractivity contribution in [3.63, 3.8) is 0 Å². The van der Waals surface area contributed by atoms with Gasteiger partial charge < -0.3 is 10.6 Å². The molecule has 0 amide bonds. The van der Waals surface area contributed by atoms with Crippen LogP contribution in [-0.4, -0.2) is 9.78 Å². The second-order valence-electron chi connectivity index (χ2n) is 5.64. The largest absolute Gasteiger partial charge is 0.361 e. The number of nitrogens with one attached hydrogen (secondary N) is 2. The number of rotatable bonds is 1. The predicted molar refractivity (Wildman–Crippen MR) is 86.6 cm³/mol. The zero-order valence-corrected chi connectivity index (χ0v) is 12.4. The van der Waals surface area contributed by atoms with Gasteiger partial charge in [0.2, 0.25) is 0 Å². The van der Waals surface area contributed by atoms with Gasteiger partial charge in [0.1, 0.15) is 6.17 Å². The molecule has 0 spiro atoms. The Labute approximate surface area is 123 Å². The van der Waals surface area contributed by atoms with Crippen LogP contribution in [0, 0.1) is 13.8 Å². The van der Waals surface area contributed by atoms with Crippen LogP contribution in [0.25, 0.3) is 10.8 Å². The smallest absolute Gasteiger partial charge is 0.127 e. The zero-order chi connectivity index (χ0) is 14.6. The molecule has 0 unspecified atom stereocenters. The highest BCUT2D eigenvalue weighted by atomic mass is 15.3. The fourth-order valence-electron chi connectivity index (χ4n) is 3.28. The molecule has 0 bridgehead atoms. The second kappa shape index (κ2) is 4.25. The maximum absolute atomic E-state index is 4.53. The highest BCUT2D eigenvalue weighted by Gasteiger charge is 2.25. The van der Waals surface area contributed by atoms with Crippen molar-refractivity contribution < 1.29 is 0 Å². The maximum Gasteiger partial charge on any atom is 0.127 e. The minimum Gasteiger partial charge on any atom is -0.361 e. The summed E-state index contributed by atoms with van der Waals surface area (Å²) in [6.45, 7) is 4.17. The monoisotopic (exact) mass is 278 g/mol. The summed E-state index contributed by atoms with van der Waals surface area (Å²) >= 11 is 0. The normalized spacial score (nSPS) is 14.0. The van der Waals surface area contributed by atoms with Gasteiger partial charge in [-0.2, -0.15) is 5.10 Å². The summed E-state index contributed by atoms with van der Waals surface area (Å²) in [4.78, 5) is 0. The van der Waals surface area contributed by atoms with Gasteiger partial charge in [0, 0.05) is 35.1 Å². The molecule has 21 heavy (non-hydrogen) atoms. The Hall–Kier alpha value is -2.49. The van der Waals surface area contributed by atoms with E-state index in [0.29, 0.717) is 0 Å². The molecule has 2 heterocycles. The van der Waals surface area contributed by atoms with E-state index >= 15 is 0 Å². The summed E-state index contributed by atoms with van der Waals surface area (Å²) in [5.41, 5.74) is 5.82. The summed E-state index contributed by atoms with van der Waals surface area (Å²) in [5, 5.41) is 14.3. The average Bonchev–Trinajstić information content (AvgIpc) is 2.72. The lowest BCUT2D eigenvalue weighted by atomic mass is 10.0. The molecule has 4 rings (SSSR count). The molecule has 0 atom stereocenters. The molecule has 1 aliphatic rings. The summed E-state index contributed by atoms with van der Waals surface area (Å²) in [7, 11) is 1.99. The highest BCUT2D eigenvalue weighted by molar-refractivity contribution is 6.04. The lowest BCUT2D eigenvalue weighted by molar-refractivity contribution is 0.728. The Bertz CT molecular complexity index is 807. The molecule has 106 valence electrons. The first-order valence-electron chi connectivity index (χ1n) is 7.20. The van der Waals surface area contributed by atoms with Gasteiger partial charge in [0.05, 0.1) is 5.69 Å². The molecule has 2 aromatic carbocycles. The van der Waals surface area contributed by atoms with Gasteiger partial charge >= 0.3 is 0 Å². The molecule has 1 aromatic heterocycles. The van der Waals surface area contributed by atoms with E-state index in [1.807, 2.05) is 11.7 Å². The van der Waals surface area contributed by atoms with Crippen molar-refractivity contribution in [1.82, 2.24) is 9.78 Å². The molecule has 0 fully saturated rings. The van der Waals surface area contributed by atoms with Gasteiger partial charge in [-0.25, -0.2) is 0 Å². The van der Waals surface area contributed by atoms with Crippen LogP contribution in [0.5, 0.6) is 0 Å². The zero-order valence-electron chi connectivity index (χ0n) is 12.4. The van der Waals surface area contributed by atoms with Crippen molar-refractivity contribution in [3.8, 4) is 0 Å². The molecule has 4 nitrogen and oxygen atoms in total. The quantitative estimate of drug-likeness (QED) is 0.712. The number of hydrogen-bond donors (Lipinski definition) is 2. The highest BCUT2D eigenvalue weighted by Crippen LogP contribution is 2.39. The maximum atomic E-state index is 4.53. The van der Waals surface area contributed by atoms with E-state index in [9.17, 15) is 0 Å². The van der Waals surface area contributed by atoms with Crippen molar-refractivity contribution in [2.45, 2.75) is 20.0 Å². The van der Waals surface area contributed by atoms with E-state index in [1.165, 1.54) is 33.4 Å². The fourth-order valence-corrected chi connectivity index (χ4v) is 3.28. The van der Waals surface area contributed by atoms with Crippen LogP contribution in [0.3, 0.4) is 0 Å². The molecular formula is C17H18N4. The van der Waals surface area contributed by atoms with Crippen molar-refractivity contribution in [2.24, 2.45) is 7.05 Å². The van der Waals surface area contributed by atoms with Crippen molar-refractivity contribution in [2.75, 3.05) is 10.6 Å². The first-order chi connectivity index (χ1) is 10.1. The van der Waals surface area contributed by atoms with Crippen LogP contribution >= 0.6 is 0 Å². The average molecular weight is 278 g/mol. The van der Waals surface area contributed by atoms with Crippen LogP contribution in [0.4, 0.5) is 11.4 Å². The first kappa shape index (κ1) is 12.3. The van der Waals surface area contributed by atoms with Crippen LogP contribution in [-0.2, 0) is 7.05 Å². The van der Waals surface area contributed by atoms with Crippen LogP contribution in [0.1, 0.15) is 23.1 Å². The topological polar surface area (TPSA) is 41.9 Å². The molecule has 1 aliphatic heterocycles. The molecular weight excluding hydrogens is 260 g/mol. The third kappa shape index (κ3) is 1.72. The molecule has 2 N–H and O–H groups in total. The Kier molecular flexibility index (Phi) is 2.48. The minimum atomic E-state index is 0.0548. The van der Waals surface area contributed by atoms with Crippen molar-refractivity contribution in [1.29, 1.82) is 0 Å². The van der Waals surface area contributed by atoms with Crippen molar-refractivity contribution in [3.05, 3.63) is 53.3 Å². The van der Waals surface area contributed by atoms with Gasteiger partial charge in [0.15, 0.2) is 0 Å². The first-order valence-corrected chi connectivity index (χ1v) is 7.20. The Morgan fingerprint density at radius 1 is 1.00 bits per heavy atom. The Morgan fingerprint density at radius 3 is 2.14 bits per heavy atom. The summed E-state index contributed by atoms with van der Waals surface area (Å²) in [6.07, 6.45) is 0.0548. The van der Waals surface area contributed by atoms with Crippen LogP contribution < -0.4 is 10.6 Å². The van der Waals surface area contributed by atoms with E-state index < -0.39 is 0 Å². The van der Waals surface area contributed by atoms with Gasteiger partial charge in [-0.15, -0.1) is 0 Å². The number of hydrogen-bond acceptors (Lipinski definition) is 3. The lowest BCUT2D eigenvalue weighted by Gasteiger charge is -2.30. The van der Waals surface area contributed by atoms with E-state index in [-0.39, 0.29) is 6.17 Å². The molecule has 4 heteroatoms. The Morgan fingerprint density at radius 2 is 1.62 bits per heavy atom. The number of benzene rings is 2. The SMILES string of the molecule is Cc1nn(C)c(C)c1C1Nc2cccc3cccc(c23)N1. The third-order valence-electron chi connectivity index (χ3n) is 4.36. The molecule has 0 saturated heterocycles. The summed E-state index contributed by atoms with van der Waals surface area (Å²) in [6, 6.07) is 12.8. The van der Waals surface area contributed by atoms with Crippen LogP contribution in [0.15, 0.2) is 36.4 Å². The third-order valence-corrected chi connectivity index (χ3v) is 4.36. The van der Waals surface area contributed by atoms with Gasteiger partial charge in [-0.1, -0.05) is 24.3 Å². The number of aromatic nitrogens is 2. The standard InChI is InChI=1S/C17H18N4/c1-10-15(11(2)21(3)20-10)17-18-13-8-4-6-12-7-5-9-14(19-17)16(12)13/h4-9,17-19H,1-3H3. The van der Waals surface area contributed by atoms with E-state index in [0.717, 1.165) is 5.69 Å². The van der Waals surface area contributed by atoms with Crippen molar-refractivity contribution >= 4 is 22.1 Å². The van der Waals surface area contributed by atoms with Gasteiger partial charge in [-0.3, -0.25) is 4.68 Å². The molecule has 3 aromatic rings. The van der Waals surface area contributed by atoms with E-state index in [4.69, 9.17) is 0 Å². The molecule has 0 aliphatic carbocycles. The fraction of sp³-hybridized carbons (Fsp3) is 0.235. The number of aryl methyl sites for hydroxylation is 2. The Balaban J connectivity index is 1.87. The number of anilines is 2.